The summed E-state index contributed by atoms with van der Waals surface area (Å²) < 4.78 is 11.8. The number of aryl methyl sites for hydroxylation is 1. The lowest BCUT2D eigenvalue weighted by molar-refractivity contribution is -0.129. The van der Waals surface area contributed by atoms with Crippen LogP contribution >= 0.6 is 11.8 Å². The summed E-state index contributed by atoms with van der Waals surface area (Å²) in [7, 11) is 0. The molecule has 1 aromatic heterocycles. The van der Waals surface area contributed by atoms with E-state index in [-0.39, 0.29) is 12.0 Å². The zero-order valence-electron chi connectivity index (χ0n) is 17.8. The Balaban J connectivity index is 1.31. The molecule has 0 aliphatic carbocycles. The van der Waals surface area contributed by atoms with Gasteiger partial charge in [0.15, 0.2) is 22.8 Å². The van der Waals surface area contributed by atoms with E-state index in [0.29, 0.717) is 25.4 Å². The summed E-state index contributed by atoms with van der Waals surface area (Å²) in [6.07, 6.45) is 0.603. The van der Waals surface area contributed by atoms with Crippen molar-refractivity contribution in [2.24, 2.45) is 0 Å². The van der Waals surface area contributed by atoms with Gasteiger partial charge in [-0.15, -0.1) is 0 Å². The summed E-state index contributed by atoms with van der Waals surface area (Å²) in [5, 5.41) is 0.777. The average molecular weight is 438 g/mol. The van der Waals surface area contributed by atoms with Gasteiger partial charge >= 0.3 is 0 Å². The number of aromatic amines is 1. The Bertz CT molecular complexity index is 1020. The largest absolute Gasteiger partial charge is 0.486 e. The van der Waals surface area contributed by atoms with Crippen LogP contribution in [0.25, 0.3) is 0 Å². The number of para-hydroxylation sites is 2. The molecule has 31 heavy (non-hydrogen) atoms. The number of imidazole rings is 1. The predicted molar refractivity (Wildman–Crippen MR) is 122 cm³/mol. The van der Waals surface area contributed by atoms with Gasteiger partial charge in [0.2, 0.25) is 5.91 Å². The second-order valence-corrected chi connectivity index (χ2v) is 8.46. The number of aromatic nitrogens is 2. The molecule has 6 nitrogen and oxygen atoms in total. The summed E-state index contributed by atoms with van der Waals surface area (Å²) in [4.78, 5) is 22.6. The van der Waals surface area contributed by atoms with Gasteiger partial charge in [-0.1, -0.05) is 54.2 Å². The van der Waals surface area contributed by atoms with Crippen LogP contribution in [-0.4, -0.2) is 52.3 Å². The maximum atomic E-state index is 12.8. The van der Waals surface area contributed by atoms with Crippen molar-refractivity contribution in [3.63, 3.8) is 0 Å². The van der Waals surface area contributed by atoms with E-state index in [9.17, 15) is 4.79 Å². The van der Waals surface area contributed by atoms with Gasteiger partial charge < -0.3 is 19.4 Å². The van der Waals surface area contributed by atoms with E-state index in [2.05, 4.69) is 17.1 Å². The highest BCUT2D eigenvalue weighted by atomic mass is 32.2. The first-order valence-electron chi connectivity index (χ1n) is 10.5. The minimum absolute atomic E-state index is 0.0635. The van der Waals surface area contributed by atoms with Crippen molar-refractivity contribution >= 4 is 17.7 Å². The number of nitrogens with zero attached hydrogens (tertiary/aromatic N) is 2. The van der Waals surface area contributed by atoms with E-state index in [1.54, 1.807) is 0 Å². The predicted octanol–water partition coefficient (Wildman–Crippen LogP) is 4.09. The standard InChI is InChI=1S/C24H27N3O3S/c1-3-27(14-19-15-29-21-11-7-8-12-22(21)30-19)23(28)16-31-24-25-17(2)20(26-24)13-18-9-5-4-6-10-18/h4-12,19H,3,13-16H2,1-2H3,(H,25,26). The van der Waals surface area contributed by atoms with Gasteiger partial charge in [-0.2, -0.15) is 0 Å². The minimum atomic E-state index is -0.174. The van der Waals surface area contributed by atoms with Crippen LogP contribution in [0.3, 0.4) is 0 Å². The van der Waals surface area contributed by atoms with Gasteiger partial charge in [-0.3, -0.25) is 4.79 Å². The van der Waals surface area contributed by atoms with Gasteiger partial charge in [0.25, 0.3) is 0 Å². The molecule has 1 aliphatic rings. The molecule has 2 heterocycles. The molecule has 1 N–H and O–H groups in total. The Morgan fingerprint density at radius 3 is 2.68 bits per heavy atom. The van der Waals surface area contributed by atoms with E-state index in [0.717, 1.165) is 34.5 Å². The molecule has 3 aromatic rings. The second kappa shape index (κ2) is 9.92. The van der Waals surface area contributed by atoms with E-state index in [1.807, 2.05) is 61.2 Å². The highest BCUT2D eigenvalue weighted by Gasteiger charge is 2.25. The van der Waals surface area contributed by atoms with Crippen LogP contribution in [0.2, 0.25) is 0 Å². The fourth-order valence-electron chi connectivity index (χ4n) is 3.52. The van der Waals surface area contributed by atoms with Crippen LogP contribution in [0.1, 0.15) is 23.9 Å². The summed E-state index contributed by atoms with van der Waals surface area (Å²) in [5.41, 5.74) is 3.27. The lowest BCUT2D eigenvalue weighted by Gasteiger charge is -2.30. The zero-order valence-corrected chi connectivity index (χ0v) is 18.7. The van der Waals surface area contributed by atoms with Crippen LogP contribution in [0.5, 0.6) is 11.5 Å². The molecule has 0 saturated heterocycles. The zero-order chi connectivity index (χ0) is 21.6. The minimum Gasteiger partial charge on any atom is -0.486 e. The van der Waals surface area contributed by atoms with Gasteiger partial charge in [-0.25, -0.2) is 4.98 Å². The first-order valence-corrected chi connectivity index (χ1v) is 11.5. The summed E-state index contributed by atoms with van der Waals surface area (Å²) >= 11 is 1.44. The number of amides is 1. The number of carbonyl (C=O) groups excluding carboxylic acids is 1. The lowest BCUT2D eigenvalue weighted by atomic mass is 10.1. The topological polar surface area (TPSA) is 67.5 Å². The van der Waals surface area contributed by atoms with Crippen molar-refractivity contribution in [2.45, 2.75) is 31.5 Å². The Morgan fingerprint density at radius 2 is 1.90 bits per heavy atom. The SMILES string of the molecule is CCN(CC1COc2ccccc2O1)C(=O)CSc1nc(Cc2ccccc2)c(C)[nH]1. The molecule has 1 atom stereocenters. The third-order valence-corrected chi connectivity index (χ3v) is 6.09. The molecule has 1 amide bonds. The number of likely N-dealkylation sites (N-methyl/N-ethyl adjacent to an activating group) is 1. The Hall–Kier alpha value is -2.93. The van der Waals surface area contributed by atoms with Crippen molar-refractivity contribution in [1.29, 1.82) is 0 Å². The third kappa shape index (κ3) is 5.41. The number of hydrogen-bond acceptors (Lipinski definition) is 5. The number of H-pyrrole nitrogens is 1. The first-order chi connectivity index (χ1) is 15.1. The molecule has 162 valence electrons. The van der Waals surface area contributed by atoms with Crippen LogP contribution in [0.4, 0.5) is 0 Å². The molecule has 1 unspecified atom stereocenters. The number of fused-ring (bicyclic) bond motifs is 1. The monoisotopic (exact) mass is 437 g/mol. The molecular weight excluding hydrogens is 410 g/mol. The Kier molecular flexibility index (Phi) is 6.82. The number of benzene rings is 2. The maximum absolute atomic E-state index is 12.8. The van der Waals surface area contributed by atoms with Gasteiger partial charge in [-0.05, 0) is 31.5 Å². The maximum Gasteiger partial charge on any atom is 0.233 e. The van der Waals surface area contributed by atoms with Crippen molar-refractivity contribution < 1.29 is 14.3 Å². The molecule has 0 spiro atoms. The molecule has 0 fully saturated rings. The van der Waals surface area contributed by atoms with Gasteiger partial charge in [0.05, 0.1) is 18.0 Å². The molecular formula is C24H27N3O3S. The lowest BCUT2D eigenvalue weighted by Crippen LogP contribution is -2.44. The second-order valence-electron chi connectivity index (χ2n) is 7.49. The van der Waals surface area contributed by atoms with E-state index in [4.69, 9.17) is 14.5 Å². The number of carbonyl (C=O) groups is 1. The van der Waals surface area contributed by atoms with Gasteiger partial charge in [0.1, 0.15) is 6.61 Å². The number of thioether (sulfide) groups is 1. The Labute approximate surface area is 187 Å². The van der Waals surface area contributed by atoms with Crippen LogP contribution in [0, 0.1) is 6.92 Å². The van der Waals surface area contributed by atoms with E-state index < -0.39 is 0 Å². The van der Waals surface area contributed by atoms with Crippen LogP contribution < -0.4 is 9.47 Å². The summed E-state index contributed by atoms with van der Waals surface area (Å²) in [6.45, 7) is 5.56. The number of hydrogen-bond donors (Lipinski definition) is 1. The molecule has 7 heteroatoms. The van der Waals surface area contributed by atoms with Crippen molar-refractivity contribution in [3.8, 4) is 11.5 Å². The normalized spacial score (nSPS) is 15.0. The molecule has 0 bridgehead atoms. The number of nitrogens with one attached hydrogen (secondary N) is 1. The van der Waals surface area contributed by atoms with E-state index in [1.165, 1.54) is 17.3 Å². The van der Waals surface area contributed by atoms with Crippen molar-refractivity contribution in [2.75, 3.05) is 25.4 Å². The molecule has 0 radical (unpaired) electrons. The van der Waals surface area contributed by atoms with Crippen LogP contribution in [0.15, 0.2) is 59.8 Å². The molecule has 0 saturated carbocycles. The highest BCUT2D eigenvalue weighted by Crippen LogP contribution is 2.31. The average Bonchev–Trinajstić information content (AvgIpc) is 3.15. The van der Waals surface area contributed by atoms with E-state index >= 15 is 0 Å². The fourth-order valence-corrected chi connectivity index (χ4v) is 4.37. The van der Waals surface area contributed by atoms with Crippen molar-refractivity contribution in [1.82, 2.24) is 14.9 Å². The van der Waals surface area contributed by atoms with Crippen molar-refractivity contribution in [3.05, 3.63) is 71.5 Å². The molecule has 4 rings (SSSR count). The Morgan fingerprint density at radius 1 is 1.16 bits per heavy atom. The third-order valence-electron chi connectivity index (χ3n) is 5.24. The summed E-state index contributed by atoms with van der Waals surface area (Å²) in [5.74, 6) is 1.88. The quantitative estimate of drug-likeness (QED) is 0.538. The summed E-state index contributed by atoms with van der Waals surface area (Å²) in [6, 6.07) is 17.9. The number of ether oxygens (including phenoxy) is 2. The smallest absolute Gasteiger partial charge is 0.233 e. The van der Waals surface area contributed by atoms with Crippen LogP contribution in [-0.2, 0) is 11.2 Å². The van der Waals surface area contributed by atoms with Gasteiger partial charge in [0, 0.05) is 18.7 Å². The first kappa shape index (κ1) is 21.3. The highest BCUT2D eigenvalue weighted by molar-refractivity contribution is 7.99. The molecule has 2 aromatic carbocycles. The number of rotatable bonds is 8. The molecule has 1 aliphatic heterocycles. The fraction of sp³-hybridized carbons (Fsp3) is 0.333.